The fraction of sp³-hybridized carbons (Fsp3) is 0.647. The van der Waals surface area contributed by atoms with Crippen molar-refractivity contribution in [3.63, 3.8) is 0 Å². The number of carboxylic acids is 1. The first kappa shape index (κ1) is 17.0. The summed E-state index contributed by atoms with van der Waals surface area (Å²) in [6.45, 7) is 0. The molecule has 5 heteroatoms. The van der Waals surface area contributed by atoms with Crippen molar-refractivity contribution in [2.75, 3.05) is 0 Å². The molecule has 2 rings (SSSR count). The van der Waals surface area contributed by atoms with Crippen LogP contribution in [-0.4, -0.2) is 23.0 Å². The summed E-state index contributed by atoms with van der Waals surface area (Å²) >= 11 is 1.59. The zero-order valence-corrected chi connectivity index (χ0v) is 13.7. The van der Waals surface area contributed by atoms with E-state index < -0.39 is 5.97 Å². The van der Waals surface area contributed by atoms with Crippen LogP contribution in [0.4, 0.5) is 0 Å². The normalized spacial score (nSPS) is 17.1. The molecule has 4 nitrogen and oxygen atoms in total. The van der Waals surface area contributed by atoms with Crippen molar-refractivity contribution < 1.29 is 14.7 Å². The Hall–Kier alpha value is -1.36. The molecule has 2 N–H and O–H groups in total. The van der Waals surface area contributed by atoms with Gasteiger partial charge in [-0.2, -0.15) is 11.3 Å². The monoisotopic (exact) mass is 323 g/mol. The molecule has 1 aromatic rings. The Morgan fingerprint density at radius 2 is 2.09 bits per heavy atom. The quantitative estimate of drug-likeness (QED) is 0.768. The topological polar surface area (TPSA) is 66.4 Å². The average Bonchev–Trinajstić information content (AvgIpc) is 2.98. The van der Waals surface area contributed by atoms with Gasteiger partial charge in [0.05, 0.1) is 6.42 Å². The van der Waals surface area contributed by atoms with E-state index in [4.69, 9.17) is 5.11 Å². The van der Waals surface area contributed by atoms with E-state index in [1.165, 1.54) is 32.1 Å². The van der Waals surface area contributed by atoms with E-state index in [1.807, 2.05) is 16.8 Å². The van der Waals surface area contributed by atoms with Crippen LogP contribution >= 0.6 is 11.3 Å². The van der Waals surface area contributed by atoms with E-state index in [1.54, 1.807) is 11.3 Å². The predicted molar refractivity (Wildman–Crippen MR) is 88.0 cm³/mol. The first-order valence-electron chi connectivity index (χ1n) is 8.15. The molecule has 1 heterocycles. The maximum Gasteiger partial charge on any atom is 0.303 e. The van der Waals surface area contributed by atoms with Gasteiger partial charge in [-0.1, -0.05) is 32.1 Å². The summed E-state index contributed by atoms with van der Waals surface area (Å²) in [5.74, 6) is -0.153. The number of rotatable bonds is 8. The van der Waals surface area contributed by atoms with Crippen LogP contribution in [0.5, 0.6) is 0 Å². The van der Waals surface area contributed by atoms with E-state index in [-0.39, 0.29) is 18.4 Å². The Morgan fingerprint density at radius 1 is 1.32 bits per heavy atom. The Labute approximate surface area is 135 Å². The van der Waals surface area contributed by atoms with Gasteiger partial charge in [0.1, 0.15) is 0 Å². The fourth-order valence-electron chi connectivity index (χ4n) is 3.23. The summed E-state index contributed by atoms with van der Waals surface area (Å²) in [5.41, 5.74) is 1.03. The molecule has 1 aromatic heterocycles. The number of nitrogens with one attached hydrogen (secondary N) is 1. The molecule has 0 radical (unpaired) electrons. The van der Waals surface area contributed by atoms with Crippen LogP contribution in [-0.2, 0) is 16.0 Å². The molecule has 1 aliphatic carbocycles. The van der Waals surface area contributed by atoms with E-state index >= 15 is 0 Å². The van der Waals surface area contributed by atoms with E-state index in [0.717, 1.165) is 12.0 Å². The third-order valence-corrected chi connectivity index (χ3v) is 5.09. The van der Waals surface area contributed by atoms with Crippen molar-refractivity contribution >= 4 is 23.2 Å². The van der Waals surface area contributed by atoms with Gasteiger partial charge in [-0.05, 0) is 41.1 Å². The van der Waals surface area contributed by atoms with E-state index in [9.17, 15) is 9.59 Å². The van der Waals surface area contributed by atoms with E-state index in [2.05, 4.69) is 5.32 Å². The summed E-state index contributed by atoms with van der Waals surface area (Å²) < 4.78 is 0. The van der Waals surface area contributed by atoms with Gasteiger partial charge in [0.15, 0.2) is 0 Å². The lowest BCUT2D eigenvalue weighted by atomic mass is 9.84. The minimum absolute atomic E-state index is 0.00426. The number of carboxylic acid groups (broad SMARTS) is 1. The number of aliphatic carboxylic acids is 1. The molecule has 0 aromatic carbocycles. The first-order chi connectivity index (χ1) is 10.6. The van der Waals surface area contributed by atoms with Gasteiger partial charge in [-0.25, -0.2) is 0 Å². The van der Waals surface area contributed by atoms with Crippen molar-refractivity contribution in [2.24, 2.45) is 5.92 Å². The van der Waals surface area contributed by atoms with Crippen molar-refractivity contribution in [1.29, 1.82) is 0 Å². The third kappa shape index (κ3) is 6.18. The van der Waals surface area contributed by atoms with Gasteiger partial charge in [0.25, 0.3) is 0 Å². The van der Waals surface area contributed by atoms with Crippen LogP contribution in [0.3, 0.4) is 0 Å². The summed E-state index contributed by atoms with van der Waals surface area (Å²) in [5, 5.41) is 15.9. The van der Waals surface area contributed by atoms with Crippen molar-refractivity contribution in [3.8, 4) is 0 Å². The van der Waals surface area contributed by atoms with Crippen LogP contribution in [0.15, 0.2) is 16.8 Å². The second-order valence-corrected chi connectivity index (χ2v) is 7.02. The minimum atomic E-state index is -0.791. The minimum Gasteiger partial charge on any atom is -0.481 e. The van der Waals surface area contributed by atoms with Crippen molar-refractivity contribution in [2.45, 2.75) is 63.8 Å². The maximum atomic E-state index is 12.2. The van der Waals surface area contributed by atoms with Crippen LogP contribution in [0.2, 0.25) is 0 Å². The van der Waals surface area contributed by atoms with Gasteiger partial charge in [-0.3, -0.25) is 9.59 Å². The van der Waals surface area contributed by atoms with Crippen LogP contribution in [0, 0.1) is 5.92 Å². The smallest absolute Gasteiger partial charge is 0.303 e. The fourth-order valence-corrected chi connectivity index (χ4v) is 3.90. The highest BCUT2D eigenvalue weighted by molar-refractivity contribution is 7.07. The van der Waals surface area contributed by atoms with Gasteiger partial charge in [-0.15, -0.1) is 0 Å². The molecule has 0 aliphatic heterocycles. The van der Waals surface area contributed by atoms with Gasteiger partial charge >= 0.3 is 5.97 Å². The highest BCUT2D eigenvalue weighted by Crippen LogP contribution is 2.28. The Morgan fingerprint density at radius 3 is 2.73 bits per heavy atom. The summed E-state index contributed by atoms with van der Waals surface area (Å²) in [7, 11) is 0. The largest absolute Gasteiger partial charge is 0.481 e. The van der Waals surface area contributed by atoms with E-state index in [0.29, 0.717) is 18.8 Å². The Balaban J connectivity index is 1.84. The molecule has 0 spiro atoms. The average molecular weight is 323 g/mol. The molecule has 0 bridgehead atoms. The molecular formula is C17H25NO3S. The molecule has 1 unspecified atom stereocenters. The zero-order valence-electron chi connectivity index (χ0n) is 12.9. The molecule has 1 atom stereocenters. The van der Waals surface area contributed by atoms with Crippen molar-refractivity contribution in [1.82, 2.24) is 5.32 Å². The number of hydrogen-bond donors (Lipinski definition) is 2. The molecular weight excluding hydrogens is 298 g/mol. The molecule has 1 fully saturated rings. The summed E-state index contributed by atoms with van der Waals surface area (Å²) in [4.78, 5) is 23.0. The first-order valence-corrected chi connectivity index (χ1v) is 9.10. The highest BCUT2D eigenvalue weighted by atomic mass is 32.1. The third-order valence-electron chi connectivity index (χ3n) is 4.36. The second-order valence-electron chi connectivity index (χ2n) is 6.24. The van der Waals surface area contributed by atoms with Gasteiger partial charge in [0.2, 0.25) is 5.91 Å². The number of carbonyl (C=O) groups is 2. The molecule has 0 saturated heterocycles. The number of carbonyl (C=O) groups excluding carboxylic acids is 1. The van der Waals surface area contributed by atoms with Crippen molar-refractivity contribution in [3.05, 3.63) is 22.4 Å². The molecule has 1 saturated carbocycles. The number of hydrogen-bond acceptors (Lipinski definition) is 3. The standard InChI is InChI=1S/C17H25NO3S/c19-16(11-14-8-9-22-12-14)18-15(6-7-17(20)21)10-13-4-2-1-3-5-13/h8-9,12-13,15H,1-7,10-11H2,(H,18,19)(H,20,21). The summed E-state index contributed by atoms with van der Waals surface area (Å²) in [6.07, 6.45) is 8.21. The molecule has 1 amide bonds. The Kier molecular flexibility index (Phi) is 6.90. The highest BCUT2D eigenvalue weighted by Gasteiger charge is 2.21. The van der Waals surface area contributed by atoms with Crippen LogP contribution in [0.25, 0.3) is 0 Å². The lowest BCUT2D eigenvalue weighted by Gasteiger charge is -2.27. The maximum absolute atomic E-state index is 12.2. The molecule has 122 valence electrons. The van der Waals surface area contributed by atoms with Crippen LogP contribution in [0.1, 0.15) is 56.9 Å². The molecule has 1 aliphatic rings. The van der Waals surface area contributed by atoms with Gasteiger partial charge < -0.3 is 10.4 Å². The zero-order chi connectivity index (χ0) is 15.8. The van der Waals surface area contributed by atoms with Crippen LogP contribution < -0.4 is 5.32 Å². The van der Waals surface area contributed by atoms with Gasteiger partial charge in [0, 0.05) is 12.5 Å². The lowest BCUT2D eigenvalue weighted by molar-refractivity contribution is -0.137. The predicted octanol–water partition coefficient (Wildman–Crippen LogP) is 3.61. The SMILES string of the molecule is O=C(O)CCC(CC1CCCCC1)NC(=O)Cc1ccsc1. The number of amides is 1. The second kappa shape index (κ2) is 8.93. The summed E-state index contributed by atoms with van der Waals surface area (Å²) in [6, 6.07) is 1.95. The molecule has 22 heavy (non-hydrogen) atoms. The Bertz CT molecular complexity index is 466. The number of thiophene rings is 1. The lowest BCUT2D eigenvalue weighted by Crippen LogP contribution is -2.37.